The zero-order valence-electron chi connectivity index (χ0n) is 15.3. The van der Waals surface area contributed by atoms with Crippen molar-refractivity contribution in [3.05, 3.63) is 59.1 Å². The van der Waals surface area contributed by atoms with Crippen LogP contribution in [-0.2, 0) is 20.7 Å². The Kier molecular flexibility index (Phi) is 5.50. The first-order valence-electron chi connectivity index (χ1n) is 9.29. The highest BCUT2D eigenvalue weighted by Crippen LogP contribution is 2.34. The second-order valence-electron chi connectivity index (χ2n) is 6.82. The zero-order chi connectivity index (χ0) is 19.5. The molecule has 1 fully saturated rings. The number of para-hydroxylation sites is 2. The molecule has 4 rings (SSSR count). The molecule has 0 N–H and O–H groups in total. The Hall–Kier alpha value is -2.57. The summed E-state index contributed by atoms with van der Waals surface area (Å²) in [5.41, 5.74) is 1.56. The number of hydrogen-bond donors (Lipinski definition) is 0. The van der Waals surface area contributed by atoms with Crippen molar-refractivity contribution in [2.45, 2.75) is 12.5 Å². The van der Waals surface area contributed by atoms with E-state index < -0.39 is 6.10 Å². The molecule has 2 aliphatic rings. The summed E-state index contributed by atoms with van der Waals surface area (Å²) < 4.78 is 11.3. The average molecular weight is 401 g/mol. The summed E-state index contributed by atoms with van der Waals surface area (Å²) in [6, 6.07) is 14.5. The van der Waals surface area contributed by atoms with E-state index in [4.69, 9.17) is 21.1 Å². The van der Waals surface area contributed by atoms with Crippen molar-refractivity contribution in [3.63, 3.8) is 0 Å². The predicted octanol–water partition coefficient (Wildman–Crippen LogP) is 2.54. The second-order valence-corrected chi connectivity index (χ2v) is 7.26. The number of benzene rings is 2. The fraction of sp³-hybridized carbons (Fsp3) is 0.333. The SMILES string of the molecule is O=C([C@H]1CN(C(=O)Cc2ccc(Cl)cc2)c2ccccc2O1)N1CCOCC1. The Balaban J connectivity index is 1.55. The minimum absolute atomic E-state index is 0.0853. The summed E-state index contributed by atoms with van der Waals surface area (Å²) in [5.74, 6) is 0.352. The maximum atomic E-state index is 13.1. The molecule has 2 heterocycles. The molecule has 0 aliphatic carbocycles. The first-order chi connectivity index (χ1) is 13.6. The minimum Gasteiger partial charge on any atom is -0.476 e. The first kappa shape index (κ1) is 18.8. The van der Waals surface area contributed by atoms with Gasteiger partial charge in [0.1, 0.15) is 5.75 Å². The van der Waals surface area contributed by atoms with Crippen LogP contribution in [0, 0.1) is 0 Å². The monoisotopic (exact) mass is 400 g/mol. The fourth-order valence-electron chi connectivity index (χ4n) is 3.46. The molecular weight excluding hydrogens is 380 g/mol. The quantitative estimate of drug-likeness (QED) is 0.794. The van der Waals surface area contributed by atoms with Crippen molar-refractivity contribution >= 4 is 29.1 Å². The Labute approximate surface area is 168 Å². The smallest absolute Gasteiger partial charge is 0.265 e. The van der Waals surface area contributed by atoms with Gasteiger partial charge in [0.05, 0.1) is 31.9 Å². The number of carbonyl (C=O) groups is 2. The number of nitrogens with zero attached hydrogens (tertiary/aromatic N) is 2. The summed E-state index contributed by atoms with van der Waals surface area (Å²) >= 11 is 5.93. The standard InChI is InChI=1S/C21H21ClN2O4/c22-16-7-5-15(6-8-16)13-20(25)24-14-19(21(26)23-9-11-27-12-10-23)28-18-4-2-1-3-17(18)24/h1-8,19H,9-14H2/t19-/m1/s1. The van der Waals surface area contributed by atoms with Crippen molar-refractivity contribution in [2.24, 2.45) is 0 Å². The lowest BCUT2D eigenvalue weighted by Crippen LogP contribution is -2.54. The molecule has 2 aromatic carbocycles. The van der Waals surface area contributed by atoms with E-state index in [2.05, 4.69) is 0 Å². The van der Waals surface area contributed by atoms with Crippen LogP contribution >= 0.6 is 11.6 Å². The van der Waals surface area contributed by atoms with E-state index in [9.17, 15) is 9.59 Å². The number of anilines is 1. The van der Waals surface area contributed by atoms with Gasteiger partial charge in [-0.2, -0.15) is 0 Å². The van der Waals surface area contributed by atoms with Crippen LogP contribution in [0.25, 0.3) is 0 Å². The van der Waals surface area contributed by atoms with Crippen LogP contribution in [0.3, 0.4) is 0 Å². The van der Waals surface area contributed by atoms with Crippen molar-refractivity contribution in [3.8, 4) is 5.75 Å². The van der Waals surface area contributed by atoms with E-state index in [1.165, 1.54) is 0 Å². The number of rotatable bonds is 3. The molecule has 0 saturated carbocycles. The Morgan fingerprint density at radius 3 is 2.50 bits per heavy atom. The zero-order valence-corrected chi connectivity index (χ0v) is 16.1. The van der Waals surface area contributed by atoms with Gasteiger partial charge >= 0.3 is 0 Å². The van der Waals surface area contributed by atoms with Crippen LogP contribution in [-0.4, -0.2) is 55.7 Å². The lowest BCUT2D eigenvalue weighted by Gasteiger charge is -2.37. The van der Waals surface area contributed by atoms with Crippen molar-refractivity contribution in [1.29, 1.82) is 0 Å². The summed E-state index contributed by atoms with van der Waals surface area (Å²) in [6.45, 7) is 2.32. The molecule has 0 spiro atoms. The number of halogens is 1. The van der Waals surface area contributed by atoms with E-state index in [0.29, 0.717) is 42.8 Å². The number of morpholine rings is 1. The van der Waals surface area contributed by atoms with Gasteiger partial charge in [-0.05, 0) is 29.8 Å². The third kappa shape index (κ3) is 3.98. The van der Waals surface area contributed by atoms with Gasteiger partial charge in [-0.1, -0.05) is 35.9 Å². The third-order valence-electron chi connectivity index (χ3n) is 4.94. The number of amides is 2. The highest BCUT2D eigenvalue weighted by Gasteiger charge is 2.36. The molecule has 0 aromatic heterocycles. The molecule has 0 bridgehead atoms. The Morgan fingerprint density at radius 1 is 1.04 bits per heavy atom. The van der Waals surface area contributed by atoms with E-state index in [-0.39, 0.29) is 24.8 Å². The maximum Gasteiger partial charge on any atom is 0.265 e. The van der Waals surface area contributed by atoms with E-state index in [1.54, 1.807) is 28.0 Å². The number of hydrogen-bond acceptors (Lipinski definition) is 4. The van der Waals surface area contributed by atoms with Gasteiger partial charge in [0.15, 0.2) is 6.10 Å². The van der Waals surface area contributed by atoms with Crippen molar-refractivity contribution in [2.75, 3.05) is 37.7 Å². The molecule has 2 aliphatic heterocycles. The lowest BCUT2D eigenvalue weighted by atomic mass is 10.1. The molecular formula is C21H21ClN2O4. The molecule has 146 valence electrons. The molecule has 7 heteroatoms. The highest BCUT2D eigenvalue weighted by molar-refractivity contribution is 6.30. The normalized spacial score (nSPS) is 19.0. The van der Waals surface area contributed by atoms with E-state index >= 15 is 0 Å². The van der Waals surface area contributed by atoms with Gasteiger partial charge in [0.25, 0.3) is 5.91 Å². The lowest BCUT2D eigenvalue weighted by molar-refractivity contribution is -0.142. The van der Waals surface area contributed by atoms with Crippen LogP contribution < -0.4 is 9.64 Å². The fourth-order valence-corrected chi connectivity index (χ4v) is 3.58. The van der Waals surface area contributed by atoms with E-state index in [1.807, 2.05) is 30.3 Å². The molecule has 0 radical (unpaired) electrons. The maximum absolute atomic E-state index is 13.1. The second kappa shape index (κ2) is 8.20. The molecule has 6 nitrogen and oxygen atoms in total. The van der Waals surface area contributed by atoms with Crippen molar-refractivity contribution < 1.29 is 19.1 Å². The van der Waals surface area contributed by atoms with Crippen LogP contribution in [0.1, 0.15) is 5.56 Å². The van der Waals surface area contributed by atoms with Gasteiger partial charge in [-0.25, -0.2) is 0 Å². The summed E-state index contributed by atoms with van der Waals surface area (Å²) in [5, 5.41) is 0.629. The van der Waals surface area contributed by atoms with Crippen LogP contribution in [0.2, 0.25) is 5.02 Å². The van der Waals surface area contributed by atoms with Gasteiger partial charge in [-0.15, -0.1) is 0 Å². The predicted molar refractivity (Wildman–Crippen MR) is 106 cm³/mol. The van der Waals surface area contributed by atoms with E-state index in [0.717, 1.165) is 5.56 Å². The summed E-state index contributed by atoms with van der Waals surface area (Å²) in [7, 11) is 0. The Morgan fingerprint density at radius 2 is 1.75 bits per heavy atom. The molecule has 1 saturated heterocycles. The Bertz CT molecular complexity index is 865. The van der Waals surface area contributed by atoms with Gasteiger partial charge in [-0.3, -0.25) is 9.59 Å². The van der Waals surface area contributed by atoms with Gasteiger partial charge in [0.2, 0.25) is 5.91 Å². The largest absolute Gasteiger partial charge is 0.476 e. The molecule has 1 atom stereocenters. The van der Waals surface area contributed by atoms with Crippen LogP contribution in [0.5, 0.6) is 5.75 Å². The van der Waals surface area contributed by atoms with Gasteiger partial charge < -0.3 is 19.3 Å². The average Bonchev–Trinajstić information content (AvgIpc) is 2.74. The van der Waals surface area contributed by atoms with Crippen LogP contribution in [0.15, 0.2) is 48.5 Å². The molecule has 2 amide bonds. The summed E-state index contributed by atoms with van der Waals surface area (Å²) in [6.07, 6.45) is -0.494. The number of carbonyl (C=O) groups excluding carboxylic acids is 2. The molecule has 28 heavy (non-hydrogen) atoms. The first-order valence-corrected chi connectivity index (χ1v) is 9.66. The third-order valence-corrected chi connectivity index (χ3v) is 5.19. The number of ether oxygens (including phenoxy) is 2. The summed E-state index contributed by atoms with van der Waals surface area (Å²) in [4.78, 5) is 29.4. The molecule has 0 unspecified atom stereocenters. The van der Waals surface area contributed by atoms with Crippen molar-refractivity contribution in [1.82, 2.24) is 4.90 Å². The van der Waals surface area contributed by atoms with Crippen LogP contribution in [0.4, 0.5) is 5.69 Å². The topological polar surface area (TPSA) is 59.1 Å². The number of fused-ring (bicyclic) bond motifs is 1. The highest BCUT2D eigenvalue weighted by atomic mass is 35.5. The minimum atomic E-state index is -0.720. The molecule has 2 aromatic rings. The van der Waals surface area contributed by atoms with Gasteiger partial charge in [0, 0.05) is 18.1 Å².